The van der Waals surface area contributed by atoms with Crippen LogP contribution in [0.5, 0.6) is 0 Å². The molecule has 1 atom stereocenters. The van der Waals surface area contributed by atoms with Gasteiger partial charge in [-0.25, -0.2) is 4.79 Å². The summed E-state index contributed by atoms with van der Waals surface area (Å²) in [5.74, 6) is 4.90. The summed E-state index contributed by atoms with van der Waals surface area (Å²) < 4.78 is 4.57. The fraction of sp³-hybridized carbons (Fsp3) is 0.700. The first-order valence-electron chi connectivity index (χ1n) is 9.24. The summed E-state index contributed by atoms with van der Waals surface area (Å²) in [6.45, 7) is 2.23. The van der Waals surface area contributed by atoms with E-state index in [1.54, 1.807) is 0 Å². The van der Waals surface area contributed by atoms with Crippen LogP contribution < -0.4 is 0 Å². The monoisotopic (exact) mass is 334 g/mol. The van der Waals surface area contributed by atoms with E-state index in [1.807, 2.05) is 0 Å². The molecule has 24 heavy (non-hydrogen) atoms. The van der Waals surface area contributed by atoms with Gasteiger partial charge in [0, 0.05) is 24.5 Å². The zero-order valence-corrected chi connectivity index (χ0v) is 14.8. The third kappa shape index (κ3) is 9.52. The number of cyclic esters (lactones) is 1. The molecule has 1 unspecified atom stereocenters. The van der Waals surface area contributed by atoms with Gasteiger partial charge in [0.15, 0.2) is 0 Å². The number of ether oxygens (including phenoxy) is 1. The Bertz CT molecular complexity index is 482. The molecule has 0 fully saturated rings. The molecule has 0 aromatic rings. The summed E-state index contributed by atoms with van der Waals surface area (Å²) in [6, 6.07) is 0. The Labute approximate surface area is 145 Å². The first-order valence-corrected chi connectivity index (χ1v) is 9.24. The average Bonchev–Trinajstić information content (AvgIpc) is 2.87. The van der Waals surface area contributed by atoms with Gasteiger partial charge in [-0.05, 0) is 18.8 Å². The molecule has 1 aliphatic rings. The Hall–Kier alpha value is -1.60. The fourth-order valence-electron chi connectivity index (χ4n) is 2.66. The van der Waals surface area contributed by atoms with E-state index in [1.165, 1.54) is 51.0 Å². The molecule has 134 valence electrons. The van der Waals surface area contributed by atoms with Gasteiger partial charge in [-0.2, -0.15) is 0 Å². The van der Waals surface area contributed by atoms with Crippen molar-refractivity contribution in [3.8, 4) is 11.8 Å². The van der Waals surface area contributed by atoms with Crippen LogP contribution in [0.1, 0.15) is 84.0 Å². The predicted octanol–water partition coefficient (Wildman–Crippen LogP) is 4.06. The first kappa shape index (κ1) is 20.4. The van der Waals surface area contributed by atoms with Gasteiger partial charge < -0.3 is 9.84 Å². The number of aliphatic hydroxyl groups excluding tert-OH is 1. The lowest BCUT2D eigenvalue weighted by Gasteiger charge is -2.04. The maximum absolute atomic E-state index is 11.6. The predicted molar refractivity (Wildman–Crippen MR) is 94.0 cm³/mol. The Morgan fingerprint density at radius 3 is 2.33 bits per heavy atom. The largest absolute Gasteiger partial charge is 0.429 e. The molecule has 0 radical (unpaired) electrons. The molecule has 1 rings (SSSR count). The number of Topliss-reactive ketones (excluding diaryl/α,β-unsaturated/α-hetero) is 1. The summed E-state index contributed by atoms with van der Waals surface area (Å²) >= 11 is 0. The average molecular weight is 334 g/mol. The molecule has 0 spiro atoms. The number of esters is 1. The van der Waals surface area contributed by atoms with Crippen LogP contribution in [0, 0.1) is 11.8 Å². The normalized spacial score (nSPS) is 16.3. The minimum Gasteiger partial charge on any atom is -0.429 e. The number of carbonyl (C=O) groups excluding carboxylic acids is 2. The summed E-state index contributed by atoms with van der Waals surface area (Å²) in [7, 11) is 0. The number of aliphatic hydroxyl groups is 1. The number of unbranched alkanes of at least 4 members (excludes halogenated alkanes) is 8. The summed E-state index contributed by atoms with van der Waals surface area (Å²) in [4.78, 5) is 22.6. The van der Waals surface area contributed by atoms with Gasteiger partial charge in [0.2, 0.25) is 12.1 Å². The van der Waals surface area contributed by atoms with Crippen molar-refractivity contribution in [1.82, 2.24) is 0 Å². The molecular formula is C20H30O4. The number of hydrogen-bond acceptors (Lipinski definition) is 4. The second-order valence-corrected chi connectivity index (χ2v) is 6.31. The number of rotatable bonds is 12. The molecule has 1 heterocycles. The number of hydrogen-bond donors (Lipinski definition) is 1. The molecule has 0 aromatic heterocycles. The smallest absolute Gasteiger partial charge is 0.333 e. The van der Waals surface area contributed by atoms with E-state index in [-0.39, 0.29) is 5.78 Å². The van der Waals surface area contributed by atoms with E-state index < -0.39 is 12.3 Å². The Morgan fingerprint density at radius 2 is 1.75 bits per heavy atom. The Kier molecular flexibility index (Phi) is 10.9. The van der Waals surface area contributed by atoms with E-state index in [0.29, 0.717) is 24.8 Å². The third-order valence-electron chi connectivity index (χ3n) is 4.12. The summed E-state index contributed by atoms with van der Waals surface area (Å²) in [6.07, 6.45) is 12.7. The molecular weight excluding hydrogens is 304 g/mol. The minimum absolute atomic E-state index is 0.0220. The van der Waals surface area contributed by atoms with Gasteiger partial charge >= 0.3 is 5.97 Å². The SMILES string of the molecule is CCCCCCCCCCCC(=O)C#CCCC1=CC(=O)OC1O. The molecule has 1 N–H and O–H groups in total. The zero-order valence-electron chi connectivity index (χ0n) is 14.8. The number of ketones is 1. The molecule has 0 amide bonds. The lowest BCUT2D eigenvalue weighted by atomic mass is 10.1. The van der Waals surface area contributed by atoms with Crippen molar-refractivity contribution >= 4 is 11.8 Å². The van der Waals surface area contributed by atoms with Gasteiger partial charge in [-0.3, -0.25) is 4.79 Å². The Morgan fingerprint density at radius 1 is 1.12 bits per heavy atom. The lowest BCUT2D eigenvalue weighted by Crippen LogP contribution is -2.09. The van der Waals surface area contributed by atoms with Crippen LogP contribution in [0.15, 0.2) is 11.6 Å². The molecule has 4 heteroatoms. The molecule has 0 aromatic carbocycles. The van der Waals surface area contributed by atoms with E-state index in [0.717, 1.165) is 12.8 Å². The van der Waals surface area contributed by atoms with Gasteiger partial charge in [0.05, 0.1) is 0 Å². The second-order valence-electron chi connectivity index (χ2n) is 6.31. The maximum atomic E-state index is 11.6. The minimum atomic E-state index is -1.14. The highest BCUT2D eigenvalue weighted by molar-refractivity contribution is 5.95. The van der Waals surface area contributed by atoms with Crippen molar-refractivity contribution < 1.29 is 19.4 Å². The van der Waals surface area contributed by atoms with E-state index in [4.69, 9.17) is 0 Å². The van der Waals surface area contributed by atoms with Crippen molar-refractivity contribution in [3.05, 3.63) is 11.6 Å². The zero-order chi connectivity index (χ0) is 17.6. The van der Waals surface area contributed by atoms with Crippen LogP contribution in [0.4, 0.5) is 0 Å². The number of carbonyl (C=O) groups is 2. The molecule has 4 nitrogen and oxygen atoms in total. The van der Waals surface area contributed by atoms with Crippen LogP contribution in [0.2, 0.25) is 0 Å². The maximum Gasteiger partial charge on any atom is 0.333 e. The molecule has 0 saturated heterocycles. The summed E-state index contributed by atoms with van der Waals surface area (Å²) in [5, 5.41) is 9.39. The van der Waals surface area contributed by atoms with E-state index in [9.17, 15) is 14.7 Å². The highest BCUT2D eigenvalue weighted by Gasteiger charge is 2.22. The van der Waals surface area contributed by atoms with Crippen molar-refractivity contribution in [2.24, 2.45) is 0 Å². The quantitative estimate of drug-likeness (QED) is 0.253. The van der Waals surface area contributed by atoms with Gasteiger partial charge in [0.1, 0.15) is 0 Å². The highest BCUT2D eigenvalue weighted by Crippen LogP contribution is 2.17. The van der Waals surface area contributed by atoms with E-state index >= 15 is 0 Å². The Balaban J connectivity index is 1.99. The van der Waals surface area contributed by atoms with Crippen molar-refractivity contribution in [2.45, 2.75) is 90.3 Å². The lowest BCUT2D eigenvalue weighted by molar-refractivity contribution is -0.151. The molecule has 0 bridgehead atoms. The van der Waals surface area contributed by atoms with Crippen molar-refractivity contribution in [3.63, 3.8) is 0 Å². The third-order valence-corrected chi connectivity index (χ3v) is 4.12. The van der Waals surface area contributed by atoms with E-state index in [2.05, 4.69) is 23.5 Å². The molecule has 1 aliphatic heterocycles. The van der Waals surface area contributed by atoms with Crippen molar-refractivity contribution in [2.75, 3.05) is 0 Å². The van der Waals surface area contributed by atoms with Gasteiger partial charge in [-0.1, -0.05) is 64.2 Å². The molecule has 0 saturated carbocycles. The topological polar surface area (TPSA) is 63.6 Å². The van der Waals surface area contributed by atoms with Crippen LogP contribution in [-0.2, 0) is 14.3 Å². The van der Waals surface area contributed by atoms with Crippen LogP contribution in [0.25, 0.3) is 0 Å². The van der Waals surface area contributed by atoms with Crippen LogP contribution in [-0.4, -0.2) is 23.1 Å². The second kappa shape index (κ2) is 12.8. The van der Waals surface area contributed by atoms with Gasteiger partial charge in [0.25, 0.3) is 0 Å². The molecule has 0 aliphatic carbocycles. The van der Waals surface area contributed by atoms with Gasteiger partial charge in [-0.15, -0.1) is 0 Å². The van der Waals surface area contributed by atoms with Crippen LogP contribution >= 0.6 is 0 Å². The van der Waals surface area contributed by atoms with Crippen molar-refractivity contribution in [1.29, 1.82) is 0 Å². The summed E-state index contributed by atoms with van der Waals surface area (Å²) in [5.41, 5.74) is 0.528. The van der Waals surface area contributed by atoms with Crippen LogP contribution in [0.3, 0.4) is 0 Å². The fourth-order valence-corrected chi connectivity index (χ4v) is 2.66. The standard InChI is InChI=1S/C20H30O4/c1-2-3-4-5-6-7-8-9-10-14-18(21)15-12-11-13-17-16-19(22)24-20(17)23/h16,20,23H,2-11,13-14H2,1H3. The first-order chi connectivity index (χ1) is 11.6. The highest BCUT2D eigenvalue weighted by atomic mass is 16.6.